The van der Waals surface area contributed by atoms with Gasteiger partial charge in [-0.3, -0.25) is 9.59 Å². The Hall–Kier alpha value is -2.42. The van der Waals surface area contributed by atoms with Crippen LogP contribution in [0.4, 0.5) is 5.69 Å². The molecule has 0 spiro atoms. The monoisotopic (exact) mass is 477 g/mol. The van der Waals surface area contributed by atoms with Crippen LogP contribution in [0.2, 0.25) is 5.02 Å². The van der Waals surface area contributed by atoms with Crippen LogP contribution >= 0.6 is 11.6 Å². The van der Waals surface area contributed by atoms with Crippen molar-refractivity contribution in [2.24, 2.45) is 5.92 Å². The van der Waals surface area contributed by atoms with E-state index in [-0.39, 0.29) is 23.1 Å². The second-order valence-electron chi connectivity index (χ2n) is 8.16. The van der Waals surface area contributed by atoms with E-state index in [4.69, 9.17) is 11.6 Å². The summed E-state index contributed by atoms with van der Waals surface area (Å²) in [5.74, 6) is -0.264. The van der Waals surface area contributed by atoms with Crippen LogP contribution < -0.4 is 10.6 Å². The molecule has 7 nitrogen and oxygen atoms in total. The fraction of sp³-hybridized carbons (Fsp3) is 0.391. The molecule has 1 saturated heterocycles. The Kier molecular flexibility index (Phi) is 7.92. The van der Waals surface area contributed by atoms with Gasteiger partial charge < -0.3 is 10.6 Å². The van der Waals surface area contributed by atoms with E-state index in [9.17, 15) is 18.0 Å². The Labute approximate surface area is 194 Å². The predicted molar refractivity (Wildman–Crippen MR) is 125 cm³/mol. The average molecular weight is 478 g/mol. The summed E-state index contributed by atoms with van der Waals surface area (Å²) >= 11 is 6.24. The smallest absolute Gasteiger partial charge is 0.243 e. The quantitative estimate of drug-likeness (QED) is 0.630. The van der Waals surface area contributed by atoms with Crippen molar-refractivity contribution in [1.29, 1.82) is 0 Å². The molecule has 0 aliphatic carbocycles. The van der Waals surface area contributed by atoms with Crippen LogP contribution in [0.1, 0.15) is 44.7 Å². The van der Waals surface area contributed by atoms with Gasteiger partial charge in [0.1, 0.15) is 0 Å². The van der Waals surface area contributed by atoms with E-state index >= 15 is 0 Å². The molecule has 2 aromatic carbocycles. The second-order valence-corrected chi connectivity index (χ2v) is 10.5. The Morgan fingerprint density at radius 3 is 2.47 bits per heavy atom. The van der Waals surface area contributed by atoms with Crippen molar-refractivity contribution in [2.75, 3.05) is 18.4 Å². The highest BCUT2D eigenvalue weighted by atomic mass is 35.5. The third-order valence-corrected chi connectivity index (χ3v) is 7.67. The largest absolute Gasteiger partial charge is 0.349 e. The Balaban J connectivity index is 1.68. The van der Waals surface area contributed by atoms with Crippen LogP contribution in [0.25, 0.3) is 0 Å². The Morgan fingerprint density at radius 1 is 1.16 bits per heavy atom. The van der Waals surface area contributed by atoms with Gasteiger partial charge in [-0.1, -0.05) is 36.7 Å². The van der Waals surface area contributed by atoms with Gasteiger partial charge in [-0.25, -0.2) is 8.42 Å². The number of amides is 2. The summed E-state index contributed by atoms with van der Waals surface area (Å²) in [5, 5.41) is 5.97. The standard InChI is InChI=1S/C23H28ClN3O4S/c1-16-6-5-13-27(15-16)32(30,31)19-11-9-18(10-12-19)26-23(29)14-22(25-17(2)28)20-7-3-4-8-21(20)24/h3-4,7-12,16,22H,5-6,13-15H2,1-2H3,(H,25,28)(H,26,29)/t16-,22+/m0/s1. The summed E-state index contributed by atoms with van der Waals surface area (Å²) in [6, 6.07) is 12.6. The Bertz CT molecular complexity index is 1070. The maximum absolute atomic E-state index is 12.9. The van der Waals surface area contributed by atoms with Crippen LogP contribution in [0.15, 0.2) is 53.4 Å². The van der Waals surface area contributed by atoms with Gasteiger partial charge in [-0.2, -0.15) is 4.31 Å². The molecular formula is C23H28ClN3O4S. The molecule has 172 valence electrons. The molecule has 2 N–H and O–H groups in total. The molecule has 0 saturated carbocycles. The maximum atomic E-state index is 12.9. The number of hydrogen-bond acceptors (Lipinski definition) is 4. The number of nitrogens with one attached hydrogen (secondary N) is 2. The molecule has 0 aromatic heterocycles. The van der Waals surface area contributed by atoms with E-state index in [1.807, 2.05) is 0 Å². The third-order valence-electron chi connectivity index (χ3n) is 5.44. The van der Waals surface area contributed by atoms with Gasteiger partial charge in [-0.05, 0) is 54.7 Å². The minimum atomic E-state index is -3.55. The first-order valence-corrected chi connectivity index (χ1v) is 12.4. The lowest BCUT2D eigenvalue weighted by atomic mass is 10.0. The fourth-order valence-electron chi connectivity index (χ4n) is 3.86. The minimum Gasteiger partial charge on any atom is -0.349 e. The first kappa shape index (κ1) is 24.2. The van der Waals surface area contributed by atoms with Crippen molar-refractivity contribution < 1.29 is 18.0 Å². The molecule has 1 fully saturated rings. The zero-order valence-electron chi connectivity index (χ0n) is 18.2. The van der Waals surface area contributed by atoms with Gasteiger partial charge in [0.25, 0.3) is 0 Å². The first-order valence-electron chi connectivity index (χ1n) is 10.6. The number of hydrogen-bond donors (Lipinski definition) is 2. The molecule has 0 bridgehead atoms. The van der Waals surface area contributed by atoms with E-state index in [2.05, 4.69) is 17.6 Å². The molecule has 1 aliphatic rings. The number of anilines is 1. The normalized spacial score (nSPS) is 18.0. The second kappa shape index (κ2) is 10.5. The summed E-state index contributed by atoms with van der Waals surface area (Å²) in [4.78, 5) is 24.4. The number of rotatable bonds is 7. The summed E-state index contributed by atoms with van der Waals surface area (Å²) < 4.78 is 27.3. The van der Waals surface area contributed by atoms with E-state index in [0.717, 1.165) is 12.8 Å². The maximum Gasteiger partial charge on any atom is 0.243 e. The zero-order chi connectivity index (χ0) is 23.3. The highest BCUT2D eigenvalue weighted by Gasteiger charge is 2.28. The number of nitrogens with zero attached hydrogens (tertiary/aromatic N) is 1. The van der Waals surface area contributed by atoms with Gasteiger partial charge in [0.15, 0.2) is 0 Å². The van der Waals surface area contributed by atoms with Crippen molar-refractivity contribution in [3.63, 3.8) is 0 Å². The predicted octanol–water partition coefficient (Wildman–Crippen LogP) is 3.97. The number of piperidine rings is 1. The topological polar surface area (TPSA) is 95.6 Å². The summed E-state index contributed by atoms with van der Waals surface area (Å²) in [6.45, 7) is 4.48. The van der Waals surface area contributed by atoms with Gasteiger partial charge >= 0.3 is 0 Å². The van der Waals surface area contributed by atoms with Crippen LogP contribution in [0.5, 0.6) is 0 Å². The van der Waals surface area contributed by atoms with Gasteiger partial charge in [0, 0.05) is 30.7 Å². The fourth-order valence-corrected chi connectivity index (χ4v) is 5.73. The van der Waals surface area contributed by atoms with Crippen LogP contribution in [0, 0.1) is 5.92 Å². The lowest BCUT2D eigenvalue weighted by Crippen LogP contribution is -2.39. The summed E-state index contributed by atoms with van der Waals surface area (Å²) in [5.41, 5.74) is 1.12. The van der Waals surface area contributed by atoms with Crippen molar-refractivity contribution in [1.82, 2.24) is 9.62 Å². The van der Waals surface area contributed by atoms with Crippen LogP contribution in [-0.2, 0) is 19.6 Å². The minimum absolute atomic E-state index is 0.0188. The molecule has 32 heavy (non-hydrogen) atoms. The van der Waals surface area contributed by atoms with E-state index in [1.54, 1.807) is 36.4 Å². The molecule has 3 rings (SSSR count). The summed E-state index contributed by atoms with van der Waals surface area (Å²) in [6.07, 6.45) is 1.87. The highest BCUT2D eigenvalue weighted by Crippen LogP contribution is 2.27. The molecule has 2 aromatic rings. The van der Waals surface area contributed by atoms with Crippen molar-refractivity contribution in [3.05, 3.63) is 59.1 Å². The SMILES string of the molecule is CC(=O)N[C@H](CC(=O)Nc1ccc(S(=O)(=O)N2CCC[C@H](C)C2)cc1)c1ccccc1Cl. The molecule has 1 heterocycles. The first-order chi connectivity index (χ1) is 15.2. The number of sulfonamides is 1. The zero-order valence-corrected chi connectivity index (χ0v) is 19.7. The molecule has 0 unspecified atom stereocenters. The molecule has 2 amide bonds. The van der Waals surface area contributed by atoms with Crippen LogP contribution in [-0.4, -0.2) is 37.6 Å². The van der Waals surface area contributed by atoms with Crippen molar-refractivity contribution in [3.8, 4) is 0 Å². The molecular weight excluding hydrogens is 450 g/mol. The lowest BCUT2D eigenvalue weighted by molar-refractivity contribution is -0.120. The molecule has 0 radical (unpaired) electrons. The number of carbonyl (C=O) groups excluding carboxylic acids is 2. The van der Waals surface area contributed by atoms with Gasteiger partial charge in [0.2, 0.25) is 21.8 Å². The molecule has 9 heteroatoms. The third kappa shape index (κ3) is 6.09. The van der Waals surface area contributed by atoms with Gasteiger partial charge in [0.05, 0.1) is 17.4 Å². The number of benzene rings is 2. The Morgan fingerprint density at radius 2 is 1.84 bits per heavy atom. The van der Waals surface area contributed by atoms with Crippen molar-refractivity contribution >= 4 is 39.1 Å². The highest BCUT2D eigenvalue weighted by molar-refractivity contribution is 7.89. The van der Waals surface area contributed by atoms with Gasteiger partial charge in [-0.15, -0.1) is 0 Å². The van der Waals surface area contributed by atoms with E-state index < -0.39 is 16.1 Å². The number of carbonyl (C=O) groups is 2. The van der Waals surface area contributed by atoms with E-state index in [1.165, 1.54) is 23.4 Å². The molecule has 2 atom stereocenters. The number of halogens is 1. The average Bonchev–Trinajstić information content (AvgIpc) is 2.73. The van der Waals surface area contributed by atoms with Crippen LogP contribution in [0.3, 0.4) is 0 Å². The van der Waals surface area contributed by atoms with Crippen molar-refractivity contribution in [2.45, 2.75) is 44.0 Å². The van der Waals surface area contributed by atoms with E-state index in [0.29, 0.717) is 35.3 Å². The summed E-state index contributed by atoms with van der Waals surface area (Å²) in [7, 11) is -3.55. The lowest BCUT2D eigenvalue weighted by Gasteiger charge is -2.30. The molecule has 1 aliphatic heterocycles.